The molecular weight excluding hydrogens is 178 g/mol. The van der Waals surface area contributed by atoms with Crippen molar-refractivity contribution >= 4 is 11.7 Å². The van der Waals surface area contributed by atoms with Crippen molar-refractivity contribution in [3.63, 3.8) is 0 Å². The molecule has 0 saturated heterocycles. The molecule has 1 amide bonds. The largest absolute Gasteiger partial charge is 0.366 e. The average molecular weight is 191 g/mol. The van der Waals surface area contributed by atoms with Crippen molar-refractivity contribution < 1.29 is 9.59 Å². The number of hydrogen-bond acceptors (Lipinski definition) is 2. The van der Waals surface area contributed by atoms with Crippen LogP contribution in [-0.4, -0.2) is 11.7 Å². The van der Waals surface area contributed by atoms with Crippen LogP contribution in [0.25, 0.3) is 0 Å². The Morgan fingerprint density at radius 3 is 2.29 bits per heavy atom. The predicted molar refractivity (Wildman–Crippen MR) is 54.3 cm³/mol. The molecule has 0 aromatic heterocycles. The van der Waals surface area contributed by atoms with Gasteiger partial charge in [-0.3, -0.25) is 9.59 Å². The summed E-state index contributed by atoms with van der Waals surface area (Å²) in [5.41, 5.74) is 6.98. The lowest BCUT2D eigenvalue weighted by atomic mass is 9.96. The zero-order valence-corrected chi connectivity index (χ0v) is 8.33. The molecule has 0 fully saturated rings. The molecule has 14 heavy (non-hydrogen) atoms. The van der Waals surface area contributed by atoms with E-state index in [1.807, 2.05) is 6.92 Å². The van der Waals surface area contributed by atoms with Crippen molar-refractivity contribution in [1.29, 1.82) is 0 Å². The molecule has 0 aliphatic heterocycles. The van der Waals surface area contributed by atoms with Crippen LogP contribution in [0.3, 0.4) is 0 Å². The molecule has 74 valence electrons. The van der Waals surface area contributed by atoms with Crippen LogP contribution < -0.4 is 5.73 Å². The molecule has 1 aromatic carbocycles. The van der Waals surface area contributed by atoms with Gasteiger partial charge in [0, 0.05) is 11.1 Å². The van der Waals surface area contributed by atoms with E-state index in [0.717, 1.165) is 5.56 Å². The average Bonchev–Trinajstić information content (AvgIpc) is 2.16. The molecule has 0 aliphatic rings. The van der Waals surface area contributed by atoms with E-state index in [4.69, 9.17) is 5.73 Å². The zero-order valence-electron chi connectivity index (χ0n) is 8.33. The summed E-state index contributed by atoms with van der Waals surface area (Å²) in [6.07, 6.45) is 0.633. The number of carbonyl (C=O) groups excluding carboxylic acids is 2. The first kappa shape index (κ1) is 10.4. The number of primary amides is 1. The summed E-state index contributed by atoms with van der Waals surface area (Å²) < 4.78 is 0. The normalized spacial score (nSPS) is 9.86. The highest BCUT2D eigenvalue weighted by atomic mass is 16.1. The van der Waals surface area contributed by atoms with Crippen LogP contribution in [-0.2, 0) is 6.42 Å². The lowest BCUT2D eigenvalue weighted by molar-refractivity contribution is 0.0999. The van der Waals surface area contributed by atoms with Gasteiger partial charge >= 0.3 is 0 Å². The summed E-state index contributed by atoms with van der Waals surface area (Å²) in [5, 5.41) is 0. The summed E-state index contributed by atoms with van der Waals surface area (Å²) in [4.78, 5) is 22.3. The molecule has 0 bridgehead atoms. The number of amides is 1. The Kier molecular flexibility index (Phi) is 3.02. The number of nitrogens with two attached hydrogens (primary N) is 1. The maximum absolute atomic E-state index is 11.2. The summed E-state index contributed by atoms with van der Waals surface area (Å²) in [7, 11) is 0. The molecule has 0 atom stereocenters. The second-order valence-electron chi connectivity index (χ2n) is 3.11. The Balaban J connectivity index is 3.39. The maximum Gasteiger partial charge on any atom is 0.248 e. The first-order valence-corrected chi connectivity index (χ1v) is 4.50. The highest BCUT2D eigenvalue weighted by Crippen LogP contribution is 2.15. The SMILES string of the molecule is CCc1c(C(C)=O)cccc1C(N)=O. The van der Waals surface area contributed by atoms with E-state index in [2.05, 4.69) is 0 Å². The monoisotopic (exact) mass is 191 g/mol. The molecule has 3 nitrogen and oxygen atoms in total. The number of carbonyl (C=O) groups is 2. The van der Waals surface area contributed by atoms with Gasteiger partial charge in [0.2, 0.25) is 5.91 Å². The standard InChI is InChI=1S/C11H13NO2/c1-3-8-9(7(2)13)5-4-6-10(8)11(12)14/h4-6H,3H2,1-2H3,(H2,12,14). The summed E-state index contributed by atoms with van der Waals surface area (Å²) in [5.74, 6) is -0.519. The van der Waals surface area contributed by atoms with Crippen LogP contribution in [0.15, 0.2) is 18.2 Å². The molecule has 1 rings (SSSR count). The van der Waals surface area contributed by atoms with Gasteiger partial charge < -0.3 is 5.73 Å². The van der Waals surface area contributed by atoms with E-state index >= 15 is 0 Å². The van der Waals surface area contributed by atoms with E-state index in [9.17, 15) is 9.59 Å². The van der Waals surface area contributed by atoms with Crippen LogP contribution in [0.1, 0.15) is 40.1 Å². The number of ketones is 1. The van der Waals surface area contributed by atoms with Crippen LogP contribution >= 0.6 is 0 Å². The molecule has 0 radical (unpaired) electrons. The van der Waals surface area contributed by atoms with E-state index < -0.39 is 5.91 Å². The quantitative estimate of drug-likeness (QED) is 0.737. The highest BCUT2D eigenvalue weighted by Gasteiger charge is 2.12. The first-order valence-electron chi connectivity index (χ1n) is 4.50. The van der Waals surface area contributed by atoms with Gasteiger partial charge in [0.1, 0.15) is 0 Å². The Hall–Kier alpha value is -1.64. The molecule has 2 N–H and O–H groups in total. The minimum Gasteiger partial charge on any atom is -0.366 e. The van der Waals surface area contributed by atoms with Crippen molar-refractivity contribution in [1.82, 2.24) is 0 Å². The Labute approximate surface area is 82.9 Å². The topological polar surface area (TPSA) is 60.2 Å². The van der Waals surface area contributed by atoms with Crippen LogP contribution in [0.4, 0.5) is 0 Å². The van der Waals surface area contributed by atoms with Gasteiger partial charge in [-0.05, 0) is 25.0 Å². The van der Waals surface area contributed by atoms with Gasteiger partial charge in [0.05, 0.1) is 0 Å². The minimum atomic E-state index is -0.482. The number of hydrogen-bond donors (Lipinski definition) is 1. The third-order valence-corrected chi connectivity index (χ3v) is 2.17. The van der Waals surface area contributed by atoms with Gasteiger partial charge in [0.25, 0.3) is 0 Å². The predicted octanol–water partition coefficient (Wildman–Crippen LogP) is 1.55. The molecule has 0 spiro atoms. The van der Waals surface area contributed by atoms with Gasteiger partial charge in [0.15, 0.2) is 5.78 Å². The Morgan fingerprint density at radius 1 is 1.29 bits per heavy atom. The second-order valence-corrected chi connectivity index (χ2v) is 3.11. The number of rotatable bonds is 3. The Bertz CT molecular complexity index is 351. The van der Waals surface area contributed by atoms with Crippen LogP contribution in [0.2, 0.25) is 0 Å². The van der Waals surface area contributed by atoms with Crippen molar-refractivity contribution in [2.75, 3.05) is 0 Å². The van der Waals surface area contributed by atoms with Gasteiger partial charge in [-0.15, -0.1) is 0 Å². The lowest BCUT2D eigenvalue weighted by Gasteiger charge is -2.08. The summed E-state index contributed by atoms with van der Waals surface area (Å²) in [6, 6.07) is 5.04. The van der Waals surface area contributed by atoms with E-state index in [1.165, 1.54) is 6.92 Å². The fourth-order valence-electron chi connectivity index (χ4n) is 1.53. The fourth-order valence-corrected chi connectivity index (χ4v) is 1.53. The molecule has 3 heteroatoms. The highest BCUT2D eigenvalue weighted by molar-refractivity contribution is 6.01. The summed E-state index contributed by atoms with van der Waals surface area (Å²) >= 11 is 0. The second kappa shape index (κ2) is 4.05. The molecule has 0 saturated carbocycles. The van der Waals surface area contributed by atoms with E-state index in [0.29, 0.717) is 17.5 Å². The molecule has 0 aliphatic carbocycles. The third-order valence-electron chi connectivity index (χ3n) is 2.17. The molecule has 1 aromatic rings. The fraction of sp³-hybridized carbons (Fsp3) is 0.273. The zero-order chi connectivity index (χ0) is 10.7. The van der Waals surface area contributed by atoms with Crippen LogP contribution in [0.5, 0.6) is 0 Å². The van der Waals surface area contributed by atoms with Gasteiger partial charge in [-0.1, -0.05) is 19.1 Å². The van der Waals surface area contributed by atoms with E-state index in [1.54, 1.807) is 18.2 Å². The first-order chi connectivity index (χ1) is 6.57. The van der Waals surface area contributed by atoms with Crippen molar-refractivity contribution in [2.24, 2.45) is 5.73 Å². The van der Waals surface area contributed by atoms with E-state index in [-0.39, 0.29) is 5.78 Å². The number of Topliss-reactive ketones (excluding diaryl/α,β-unsaturated/α-hetero) is 1. The van der Waals surface area contributed by atoms with Crippen molar-refractivity contribution in [3.05, 3.63) is 34.9 Å². The lowest BCUT2D eigenvalue weighted by Crippen LogP contribution is -2.15. The number of benzene rings is 1. The van der Waals surface area contributed by atoms with Crippen molar-refractivity contribution in [3.8, 4) is 0 Å². The Morgan fingerprint density at radius 2 is 1.86 bits per heavy atom. The third kappa shape index (κ3) is 1.82. The van der Waals surface area contributed by atoms with Gasteiger partial charge in [-0.25, -0.2) is 0 Å². The summed E-state index contributed by atoms with van der Waals surface area (Å²) in [6.45, 7) is 3.38. The van der Waals surface area contributed by atoms with Gasteiger partial charge in [-0.2, -0.15) is 0 Å². The smallest absolute Gasteiger partial charge is 0.248 e. The molecular formula is C11H13NO2. The minimum absolute atomic E-state index is 0.0371. The molecule has 0 unspecified atom stereocenters. The van der Waals surface area contributed by atoms with Crippen LogP contribution in [0, 0.1) is 0 Å². The maximum atomic E-state index is 11.2. The van der Waals surface area contributed by atoms with Crippen molar-refractivity contribution in [2.45, 2.75) is 20.3 Å². The molecule has 0 heterocycles.